The molecular formula is C49H49N5O6. The van der Waals surface area contributed by atoms with Gasteiger partial charge in [0, 0.05) is 66.8 Å². The van der Waals surface area contributed by atoms with Crippen molar-refractivity contribution < 1.29 is 29.0 Å². The topological polar surface area (TPSA) is 124 Å². The quantitative estimate of drug-likeness (QED) is 0.137. The first-order valence-corrected chi connectivity index (χ1v) is 19.8. The summed E-state index contributed by atoms with van der Waals surface area (Å²) in [5.74, 6) is -0.591. The Morgan fingerprint density at radius 3 is 1.07 bits per heavy atom. The van der Waals surface area contributed by atoms with Gasteiger partial charge in [0.2, 0.25) is 0 Å². The van der Waals surface area contributed by atoms with Crippen LogP contribution in [0.1, 0.15) is 63.7 Å². The Hall–Kier alpha value is -7.01. The Bertz CT molecular complexity index is 2700. The van der Waals surface area contributed by atoms with E-state index in [1.165, 1.54) is 17.3 Å². The lowest BCUT2D eigenvalue weighted by Gasteiger charge is -2.26. The fourth-order valence-corrected chi connectivity index (χ4v) is 7.98. The van der Waals surface area contributed by atoms with Crippen LogP contribution in [-0.2, 0) is 30.9 Å². The number of pyridine rings is 1. The predicted molar refractivity (Wildman–Crippen MR) is 236 cm³/mol. The van der Waals surface area contributed by atoms with Gasteiger partial charge in [-0.05, 0) is 92.2 Å². The maximum Gasteiger partial charge on any atom is 0.410 e. The normalized spacial score (nSPS) is 11.5. The number of carbonyl (C=O) groups is 4. The highest BCUT2D eigenvalue weighted by atomic mass is 16.6. The number of aromatic nitrogens is 1. The highest BCUT2D eigenvalue weighted by molar-refractivity contribution is 6.08. The lowest BCUT2D eigenvalue weighted by Crippen LogP contribution is -2.34. The molecule has 0 aliphatic carbocycles. The molecular weight excluding hydrogens is 755 g/mol. The highest BCUT2D eigenvalue weighted by Crippen LogP contribution is 2.36. The van der Waals surface area contributed by atoms with Crippen LogP contribution in [0.2, 0.25) is 0 Å². The predicted octanol–water partition coefficient (Wildman–Crippen LogP) is 9.72. The van der Waals surface area contributed by atoms with E-state index < -0.39 is 17.8 Å². The molecule has 7 rings (SSSR count). The van der Waals surface area contributed by atoms with E-state index in [4.69, 9.17) is 4.74 Å². The van der Waals surface area contributed by atoms with E-state index in [0.29, 0.717) is 6.54 Å². The smallest absolute Gasteiger partial charge is 0.410 e. The molecule has 0 unspecified atom stereocenters. The van der Waals surface area contributed by atoms with E-state index in [1.807, 2.05) is 118 Å². The van der Waals surface area contributed by atoms with Gasteiger partial charge in [-0.25, -0.2) is 9.59 Å². The molecule has 7 aromatic rings. The first-order chi connectivity index (χ1) is 28.6. The van der Waals surface area contributed by atoms with Gasteiger partial charge in [0.1, 0.15) is 5.60 Å². The second-order valence-corrected chi connectivity index (χ2v) is 16.4. The van der Waals surface area contributed by atoms with E-state index in [0.717, 1.165) is 65.3 Å². The van der Waals surface area contributed by atoms with Gasteiger partial charge < -0.3 is 29.4 Å². The largest absolute Gasteiger partial charge is 0.465 e. The Morgan fingerprint density at radius 1 is 0.500 bits per heavy atom. The second kappa shape index (κ2) is 16.7. The van der Waals surface area contributed by atoms with Gasteiger partial charge in [0.15, 0.2) is 0 Å². The number of rotatable bonds is 10. The number of carboxylic acid groups (broad SMARTS) is 1. The van der Waals surface area contributed by atoms with E-state index >= 15 is 0 Å². The van der Waals surface area contributed by atoms with Crippen molar-refractivity contribution in [1.29, 1.82) is 0 Å². The van der Waals surface area contributed by atoms with Gasteiger partial charge in [-0.3, -0.25) is 14.6 Å². The molecule has 1 aromatic heterocycles. The zero-order valence-electron chi connectivity index (χ0n) is 35.0. The summed E-state index contributed by atoms with van der Waals surface area (Å²) in [5.41, 5.74) is 3.70. The summed E-state index contributed by atoms with van der Waals surface area (Å²) < 4.78 is 5.65. The summed E-state index contributed by atoms with van der Waals surface area (Å²) in [7, 11) is 6.75. The molecule has 1 heterocycles. The number of amides is 4. The molecule has 306 valence electrons. The van der Waals surface area contributed by atoms with Crippen LogP contribution in [0.5, 0.6) is 0 Å². The minimum absolute atomic E-state index is 0.206. The Labute approximate surface area is 349 Å². The molecule has 0 saturated heterocycles. The van der Waals surface area contributed by atoms with Crippen molar-refractivity contribution >= 4 is 67.1 Å². The summed E-state index contributed by atoms with van der Waals surface area (Å²) in [6.45, 7) is 6.60. The van der Waals surface area contributed by atoms with Crippen LogP contribution in [0.15, 0.2) is 116 Å². The monoisotopic (exact) mass is 803 g/mol. The number of carbonyl (C=O) groups excluding carboxylic acids is 3. The maximum absolute atomic E-state index is 14.2. The molecule has 0 radical (unpaired) electrons. The summed E-state index contributed by atoms with van der Waals surface area (Å²) in [4.78, 5) is 63.5. The lowest BCUT2D eigenvalue weighted by atomic mass is 9.91. The van der Waals surface area contributed by atoms with Crippen LogP contribution < -0.4 is 0 Å². The average molecular weight is 804 g/mol. The third kappa shape index (κ3) is 8.29. The zero-order chi connectivity index (χ0) is 42.9. The standard InChI is InChI=1S/C49H49N5O6/c1-49(2,3)60-48(59)54(7)30-44-39-22-14-10-18-35(39)42(36-19-11-15-23-40(36)44)28-52(5)46(56)32-24-31(25-50-26-32)45(55)51(4)27-41-33-16-8-12-20-37(33)43(29-53(6)47(57)58)38-21-13-9-17-34(38)41/h8-26H,27-30H2,1-7H3,(H,57,58). The lowest BCUT2D eigenvalue weighted by molar-refractivity contribution is 0.0286. The number of benzene rings is 6. The average Bonchev–Trinajstić information content (AvgIpc) is 3.24. The third-order valence-corrected chi connectivity index (χ3v) is 10.8. The van der Waals surface area contributed by atoms with E-state index in [9.17, 15) is 24.3 Å². The molecule has 11 nitrogen and oxygen atoms in total. The SMILES string of the molecule is CN(Cc1c2ccccc2c(CN(C)C(=O)c2cncc(C(=O)N(C)Cc3c4ccccc4c(CN(C)C(=O)OC(C)(C)C)c4ccccc34)c2)c2ccccc12)C(=O)O. The fourth-order valence-electron chi connectivity index (χ4n) is 7.98. The summed E-state index contributed by atoms with van der Waals surface area (Å²) in [6.07, 6.45) is 1.53. The van der Waals surface area contributed by atoms with Crippen molar-refractivity contribution in [3.8, 4) is 0 Å². The summed E-state index contributed by atoms with van der Waals surface area (Å²) in [6, 6.07) is 33.3. The van der Waals surface area contributed by atoms with Crippen LogP contribution in [0, 0.1) is 0 Å². The van der Waals surface area contributed by atoms with Gasteiger partial charge in [-0.2, -0.15) is 0 Å². The molecule has 6 aromatic carbocycles. The fraction of sp³-hybridized carbons (Fsp3) is 0.245. The Morgan fingerprint density at radius 2 is 0.783 bits per heavy atom. The molecule has 11 heteroatoms. The third-order valence-electron chi connectivity index (χ3n) is 10.8. The van der Waals surface area contributed by atoms with Gasteiger partial charge in [-0.15, -0.1) is 0 Å². The van der Waals surface area contributed by atoms with Crippen molar-refractivity contribution in [2.75, 3.05) is 28.2 Å². The molecule has 0 saturated carbocycles. The van der Waals surface area contributed by atoms with Crippen LogP contribution in [0.3, 0.4) is 0 Å². The molecule has 0 spiro atoms. The van der Waals surface area contributed by atoms with E-state index in [2.05, 4.69) is 4.98 Å². The van der Waals surface area contributed by atoms with Crippen molar-refractivity contribution in [3.63, 3.8) is 0 Å². The number of ether oxygens (including phenoxy) is 1. The van der Waals surface area contributed by atoms with Gasteiger partial charge in [-0.1, -0.05) is 97.1 Å². The van der Waals surface area contributed by atoms with Gasteiger partial charge in [0.05, 0.1) is 11.1 Å². The molecule has 0 atom stereocenters. The molecule has 4 amide bonds. The molecule has 0 fully saturated rings. The van der Waals surface area contributed by atoms with Crippen LogP contribution in [-0.4, -0.2) is 87.5 Å². The van der Waals surface area contributed by atoms with Crippen LogP contribution in [0.4, 0.5) is 9.59 Å². The summed E-state index contributed by atoms with van der Waals surface area (Å²) >= 11 is 0. The van der Waals surface area contributed by atoms with Gasteiger partial charge in [0.25, 0.3) is 11.8 Å². The van der Waals surface area contributed by atoms with Crippen LogP contribution in [0.25, 0.3) is 43.1 Å². The summed E-state index contributed by atoms with van der Waals surface area (Å²) in [5, 5.41) is 17.2. The van der Waals surface area contributed by atoms with Gasteiger partial charge >= 0.3 is 12.2 Å². The molecule has 0 aliphatic rings. The highest BCUT2D eigenvalue weighted by Gasteiger charge is 2.25. The maximum atomic E-state index is 14.2. The van der Waals surface area contributed by atoms with Crippen LogP contribution >= 0.6 is 0 Å². The minimum Gasteiger partial charge on any atom is -0.465 e. The van der Waals surface area contributed by atoms with Crippen molar-refractivity contribution in [1.82, 2.24) is 24.6 Å². The van der Waals surface area contributed by atoms with E-state index in [-0.39, 0.29) is 42.6 Å². The number of hydrogen-bond donors (Lipinski definition) is 1. The Kier molecular flexibility index (Phi) is 11.5. The minimum atomic E-state index is -1.02. The number of hydrogen-bond acceptors (Lipinski definition) is 6. The molecule has 1 N–H and O–H groups in total. The number of fused-ring (bicyclic) bond motifs is 4. The molecule has 0 bridgehead atoms. The number of nitrogens with zero attached hydrogens (tertiary/aromatic N) is 5. The second-order valence-electron chi connectivity index (χ2n) is 16.4. The van der Waals surface area contributed by atoms with E-state index in [1.54, 1.807) is 49.0 Å². The molecule has 60 heavy (non-hydrogen) atoms. The zero-order valence-corrected chi connectivity index (χ0v) is 35.0. The molecule has 0 aliphatic heterocycles. The first kappa shape index (κ1) is 41.2. The Balaban J connectivity index is 1.16. The van der Waals surface area contributed by atoms with Crippen molar-refractivity contribution in [2.24, 2.45) is 0 Å². The van der Waals surface area contributed by atoms with Crippen molar-refractivity contribution in [3.05, 3.63) is 149 Å². The van der Waals surface area contributed by atoms with Crippen molar-refractivity contribution in [2.45, 2.75) is 52.6 Å². The first-order valence-electron chi connectivity index (χ1n) is 19.8.